The fourth-order valence-electron chi connectivity index (χ4n) is 5.86. The van der Waals surface area contributed by atoms with E-state index in [9.17, 15) is 5.11 Å². The van der Waals surface area contributed by atoms with Gasteiger partial charge in [0, 0.05) is 29.5 Å². The zero-order valence-corrected chi connectivity index (χ0v) is 19.2. The third-order valence-electron chi connectivity index (χ3n) is 7.94. The smallest absolute Gasteiger partial charge is 0.141 e. The van der Waals surface area contributed by atoms with Crippen LogP contribution in [0.1, 0.15) is 56.6 Å². The number of nitrogens with zero attached hydrogens (tertiary/aromatic N) is 1. The molecule has 0 saturated heterocycles. The summed E-state index contributed by atoms with van der Waals surface area (Å²) in [5, 5.41) is 12.8. The Hall–Kier alpha value is -2.36. The number of furan rings is 1. The molecule has 1 fully saturated rings. The highest BCUT2D eigenvalue weighted by atomic mass is 16.3. The number of aliphatic hydroxyl groups excluding tert-OH is 1. The normalized spacial score (nSPS) is 20.9. The van der Waals surface area contributed by atoms with E-state index in [-0.39, 0.29) is 11.5 Å². The first kappa shape index (κ1) is 21.5. The van der Waals surface area contributed by atoms with E-state index in [0.717, 1.165) is 49.9 Å². The lowest BCUT2D eigenvalue weighted by atomic mass is 9.67. The average molecular weight is 430 g/mol. The number of hydrogen-bond donors (Lipinski definition) is 1. The van der Waals surface area contributed by atoms with E-state index >= 15 is 0 Å². The molecule has 0 bridgehead atoms. The molecule has 32 heavy (non-hydrogen) atoms. The minimum absolute atomic E-state index is 0.229. The highest BCUT2D eigenvalue weighted by Gasteiger charge is 2.40. The van der Waals surface area contributed by atoms with Crippen LogP contribution in [-0.2, 0) is 5.41 Å². The number of rotatable bonds is 7. The molecule has 1 aliphatic heterocycles. The van der Waals surface area contributed by atoms with Crippen molar-refractivity contribution < 1.29 is 9.52 Å². The van der Waals surface area contributed by atoms with Crippen LogP contribution in [0.4, 0.5) is 0 Å². The second-order valence-corrected chi connectivity index (χ2v) is 9.99. The average Bonchev–Trinajstić information content (AvgIpc) is 3.53. The molecule has 168 valence electrons. The number of aliphatic hydroxyl groups is 1. The monoisotopic (exact) mass is 429 g/mol. The van der Waals surface area contributed by atoms with Crippen LogP contribution in [0.15, 0.2) is 71.4 Å². The van der Waals surface area contributed by atoms with Gasteiger partial charge in [-0.05, 0) is 48.9 Å². The Labute approximate surface area is 191 Å². The molecule has 0 radical (unpaired) electrons. The number of para-hydroxylation sites is 1. The predicted molar refractivity (Wildman–Crippen MR) is 132 cm³/mol. The van der Waals surface area contributed by atoms with Crippen LogP contribution in [-0.4, -0.2) is 35.7 Å². The van der Waals surface area contributed by atoms with Gasteiger partial charge in [-0.1, -0.05) is 80.8 Å². The van der Waals surface area contributed by atoms with E-state index in [1.807, 2.05) is 6.07 Å². The van der Waals surface area contributed by atoms with Crippen molar-refractivity contribution in [1.29, 1.82) is 0 Å². The largest absolute Gasteiger partial charge is 0.464 e. The summed E-state index contributed by atoms with van der Waals surface area (Å²) in [4.78, 5) is 2.51. The van der Waals surface area contributed by atoms with Crippen molar-refractivity contribution in [3.05, 3.63) is 78.1 Å². The number of hydrogen-bond acceptors (Lipinski definition) is 3. The first-order chi connectivity index (χ1) is 15.6. The number of benzene rings is 2. The molecule has 3 nitrogen and oxygen atoms in total. The van der Waals surface area contributed by atoms with Gasteiger partial charge in [-0.2, -0.15) is 0 Å². The standard InChI is InChI=1S/C29H35NO2/c1-29(25-12-6-3-7-13-25,28(31)23-9-4-2-5-10-23)17-19-30-18-15-24(21-30)26-14-8-11-22-16-20-32-27(22)26/h3,6-8,11-16,20,23,28,31H,2,4-5,9-10,17-19,21H2,1H3. The summed E-state index contributed by atoms with van der Waals surface area (Å²) in [5.74, 6) is 0.415. The Morgan fingerprint density at radius 2 is 1.84 bits per heavy atom. The van der Waals surface area contributed by atoms with Crippen LogP contribution in [0.3, 0.4) is 0 Å². The molecule has 2 unspecified atom stereocenters. The van der Waals surface area contributed by atoms with E-state index in [2.05, 4.69) is 66.4 Å². The highest BCUT2D eigenvalue weighted by molar-refractivity contribution is 5.90. The maximum absolute atomic E-state index is 11.6. The molecule has 1 aliphatic carbocycles. The fraction of sp³-hybridized carbons (Fsp3) is 0.448. The van der Waals surface area contributed by atoms with Crippen molar-refractivity contribution >= 4 is 16.5 Å². The SMILES string of the molecule is CC(CCN1CC=C(c2cccc3ccoc23)C1)(c1ccccc1)C(O)C1CCCCC1. The molecule has 2 heterocycles. The second kappa shape index (κ2) is 9.25. The Bertz CT molecular complexity index is 1060. The minimum atomic E-state index is -0.294. The molecule has 2 aliphatic rings. The zero-order valence-electron chi connectivity index (χ0n) is 19.2. The van der Waals surface area contributed by atoms with E-state index in [1.165, 1.54) is 36.0 Å². The molecular formula is C29H35NO2. The van der Waals surface area contributed by atoms with Crippen molar-refractivity contribution in [2.75, 3.05) is 19.6 Å². The van der Waals surface area contributed by atoms with E-state index in [1.54, 1.807) is 6.26 Å². The molecule has 1 aromatic heterocycles. The zero-order chi connectivity index (χ0) is 22.0. The van der Waals surface area contributed by atoms with Gasteiger partial charge in [-0.15, -0.1) is 0 Å². The summed E-state index contributed by atoms with van der Waals surface area (Å²) in [6.45, 7) is 5.15. The first-order valence-corrected chi connectivity index (χ1v) is 12.3. The molecule has 0 amide bonds. The number of fused-ring (bicyclic) bond motifs is 1. The Morgan fingerprint density at radius 1 is 1.03 bits per heavy atom. The Balaban J connectivity index is 1.30. The predicted octanol–water partition coefficient (Wildman–Crippen LogP) is 6.42. The molecule has 1 N–H and O–H groups in total. The topological polar surface area (TPSA) is 36.6 Å². The van der Waals surface area contributed by atoms with Crippen molar-refractivity contribution in [3.8, 4) is 0 Å². The summed E-state index contributed by atoms with van der Waals surface area (Å²) in [7, 11) is 0. The van der Waals surface area contributed by atoms with E-state index < -0.39 is 0 Å². The van der Waals surface area contributed by atoms with Gasteiger partial charge in [-0.3, -0.25) is 4.90 Å². The van der Waals surface area contributed by atoms with Gasteiger partial charge in [-0.25, -0.2) is 0 Å². The molecule has 2 atom stereocenters. The van der Waals surface area contributed by atoms with Crippen molar-refractivity contribution in [3.63, 3.8) is 0 Å². The summed E-state index contributed by atoms with van der Waals surface area (Å²) in [5.41, 5.74) is 4.59. The lowest BCUT2D eigenvalue weighted by Gasteiger charge is -2.41. The van der Waals surface area contributed by atoms with E-state index in [4.69, 9.17) is 4.42 Å². The summed E-state index contributed by atoms with van der Waals surface area (Å²) in [6, 6.07) is 19.1. The van der Waals surface area contributed by atoms with E-state index in [0.29, 0.717) is 5.92 Å². The van der Waals surface area contributed by atoms with Crippen LogP contribution in [0.5, 0.6) is 0 Å². The summed E-state index contributed by atoms with van der Waals surface area (Å²) in [6.07, 6.45) is 10.9. The second-order valence-electron chi connectivity index (χ2n) is 9.99. The van der Waals surface area contributed by atoms with Gasteiger partial charge in [0.1, 0.15) is 5.58 Å². The lowest BCUT2D eigenvalue weighted by Crippen LogP contribution is -2.44. The molecule has 3 heteroatoms. The third kappa shape index (κ3) is 4.16. The van der Waals surface area contributed by atoms with Crippen LogP contribution in [0, 0.1) is 5.92 Å². The van der Waals surface area contributed by atoms with Crippen molar-refractivity contribution in [2.24, 2.45) is 5.92 Å². The Morgan fingerprint density at radius 3 is 2.66 bits per heavy atom. The van der Waals surface area contributed by atoms with Crippen LogP contribution in [0.25, 0.3) is 16.5 Å². The fourth-order valence-corrected chi connectivity index (χ4v) is 5.86. The van der Waals surface area contributed by atoms with Crippen LogP contribution in [0.2, 0.25) is 0 Å². The van der Waals surface area contributed by atoms with Gasteiger partial charge in [0.15, 0.2) is 0 Å². The van der Waals surface area contributed by atoms with Gasteiger partial charge in [0.05, 0.1) is 12.4 Å². The molecular weight excluding hydrogens is 394 g/mol. The quantitative estimate of drug-likeness (QED) is 0.471. The molecule has 0 spiro atoms. The van der Waals surface area contributed by atoms with Crippen LogP contribution < -0.4 is 0 Å². The highest BCUT2D eigenvalue weighted by Crippen LogP contribution is 2.40. The molecule has 1 saturated carbocycles. The molecule has 3 aromatic rings. The van der Waals surface area contributed by atoms with Gasteiger partial charge >= 0.3 is 0 Å². The Kier molecular flexibility index (Phi) is 6.21. The van der Waals surface area contributed by atoms with Crippen molar-refractivity contribution in [1.82, 2.24) is 4.90 Å². The van der Waals surface area contributed by atoms with Gasteiger partial charge in [0.2, 0.25) is 0 Å². The third-order valence-corrected chi connectivity index (χ3v) is 7.94. The van der Waals surface area contributed by atoms with Crippen molar-refractivity contribution in [2.45, 2.75) is 57.0 Å². The summed E-state index contributed by atoms with van der Waals surface area (Å²) < 4.78 is 5.77. The van der Waals surface area contributed by atoms with Gasteiger partial charge in [0.25, 0.3) is 0 Å². The minimum Gasteiger partial charge on any atom is -0.464 e. The molecule has 2 aromatic carbocycles. The molecule has 5 rings (SSSR count). The van der Waals surface area contributed by atoms with Crippen LogP contribution >= 0.6 is 0 Å². The maximum Gasteiger partial charge on any atom is 0.141 e. The summed E-state index contributed by atoms with van der Waals surface area (Å²) >= 11 is 0. The lowest BCUT2D eigenvalue weighted by molar-refractivity contribution is 0.0124. The first-order valence-electron chi connectivity index (χ1n) is 12.3. The van der Waals surface area contributed by atoms with Gasteiger partial charge < -0.3 is 9.52 Å². The maximum atomic E-state index is 11.6.